The maximum atomic E-state index is 10.6. The van der Waals surface area contributed by atoms with Crippen LogP contribution in [-0.4, -0.2) is 10.9 Å². The highest BCUT2D eigenvalue weighted by molar-refractivity contribution is 5.76. The first-order chi connectivity index (χ1) is 6.58. The Kier molecular flexibility index (Phi) is 3.63. The normalized spacial score (nSPS) is 10.5. The number of pyridine rings is 1. The molecular formula is C11H16N2O. The number of hydrogen-bond donors (Lipinski definition) is 1. The zero-order chi connectivity index (χ0) is 10.6. The second-order valence-electron chi connectivity index (χ2n) is 3.90. The molecule has 3 heteroatoms. The van der Waals surface area contributed by atoms with Crippen LogP contribution in [0.3, 0.4) is 0 Å². The van der Waals surface area contributed by atoms with Crippen molar-refractivity contribution in [3.05, 3.63) is 29.6 Å². The van der Waals surface area contributed by atoms with Crippen LogP contribution in [0.5, 0.6) is 0 Å². The molecule has 0 radical (unpaired) electrons. The fourth-order valence-corrected chi connectivity index (χ4v) is 1.30. The number of amides is 1. The van der Waals surface area contributed by atoms with Gasteiger partial charge in [-0.25, -0.2) is 0 Å². The van der Waals surface area contributed by atoms with Gasteiger partial charge in [0.1, 0.15) is 0 Å². The van der Waals surface area contributed by atoms with E-state index in [1.807, 2.05) is 12.1 Å². The highest BCUT2D eigenvalue weighted by atomic mass is 16.1. The quantitative estimate of drug-likeness (QED) is 0.782. The second kappa shape index (κ2) is 4.74. The Hall–Kier alpha value is -1.38. The van der Waals surface area contributed by atoms with Gasteiger partial charge in [0, 0.05) is 11.9 Å². The Morgan fingerprint density at radius 1 is 1.50 bits per heavy atom. The average Bonchev–Trinajstić information content (AvgIpc) is 2.06. The van der Waals surface area contributed by atoms with Crippen LogP contribution in [0.4, 0.5) is 0 Å². The molecule has 0 fully saturated rings. The van der Waals surface area contributed by atoms with Gasteiger partial charge in [0.2, 0.25) is 5.91 Å². The summed E-state index contributed by atoms with van der Waals surface area (Å²) in [6.07, 6.45) is 2.97. The van der Waals surface area contributed by atoms with Crippen molar-refractivity contribution < 1.29 is 4.79 Å². The summed E-state index contributed by atoms with van der Waals surface area (Å²) >= 11 is 0. The largest absolute Gasteiger partial charge is 0.369 e. The minimum Gasteiger partial charge on any atom is -0.369 e. The van der Waals surface area contributed by atoms with Crippen molar-refractivity contribution in [1.82, 2.24) is 4.98 Å². The van der Waals surface area contributed by atoms with Gasteiger partial charge in [0.05, 0.1) is 6.42 Å². The van der Waals surface area contributed by atoms with E-state index in [2.05, 4.69) is 18.8 Å². The lowest BCUT2D eigenvalue weighted by atomic mass is 10.1. The third-order valence-electron chi connectivity index (χ3n) is 1.88. The molecule has 0 aliphatic rings. The molecule has 2 N–H and O–H groups in total. The van der Waals surface area contributed by atoms with Crippen LogP contribution in [0.15, 0.2) is 18.3 Å². The number of nitrogens with zero attached hydrogens (tertiary/aromatic N) is 1. The van der Waals surface area contributed by atoms with Gasteiger partial charge in [-0.1, -0.05) is 19.9 Å². The van der Waals surface area contributed by atoms with Crippen molar-refractivity contribution in [3.8, 4) is 0 Å². The first kappa shape index (κ1) is 10.7. The predicted octanol–water partition coefficient (Wildman–Crippen LogP) is 1.31. The van der Waals surface area contributed by atoms with E-state index < -0.39 is 0 Å². The number of carbonyl (C=O) groups is 1. The van der Waals surface area contributed by atoms with E-state index in [0.29, 0.717) is 5.92 Å². The zero-order valence-corrected chi connectivity index (χ0v) is 8.66. The summed E-state index contributed by atoms with van der Waals surface area (Å²) in [6.45, 7) is 4.30. The lowest BCUT2D eigenvalue weighted by Gasteiger charge is -2.04. The Labute approximate surface area is 84.3 Å². The van der Waals surface area contributed by atoms with Crippen LogP contribution in [0.2, 0.25) is 0 Å². The molecule has 1 heterocycles. The van der Waals surface area contributed by atoms with Crippen molar-refractivity contribution >= 4 is 5.91 Å². The maximum absolute atomic E-state index is 10.6. The molecule has 1 amide bonds. The zero-order valence-electron chi connectivity index (χ0n) is 8.66. The number of rotatable bonds is 4. The number of aromatic nitrogens is 1. The number of hydrogen-bond acceptors (Lipinski definition) is 2. The molecule has 0 aliphatic heterocycles. The molecule has 1 rings (SSSR count). The fourth-order valence-electron chi connectivity index (χ4n) is 1.30. The van der Waals surface area contributed by atoms with Crippen molar-refractivity contribution in [1.29, 1.82) is 0 Å². The summed E-state index contributed by atoms with van der Waals surface area (Å²) in [7, 11) is 0. The van der Waals surface area contributed by atoms with Crippen molar-refractivity contribution in [3.63, 3.8) is 0 Å². The Morgan fingerprint density at radius 2 is 2.21 bits per heavy atom. The number of carbonyl (C=O) groups excluding carboxylic acids is 1. The van der Waals surface area contributed by atoms with Gasteiger partial charge in [0.25, 0.3) is 0 Å². The standard InChI is InChI=1S/C11H16N2O/c1-8(2)5-10-4-3-9(7-13-10)6-11(12)14/h3-4,7-8H,5-6H2,1-2H3,(H2,12,14). The minimum atomic E-state index is -0.316. The average molecular weight is 192 g/mol. The van der Waals surface area contributed by atoms with Crippen molar-refractivity contribution in [2.45, 2.75) is 26.7 Å². The molecule has 14 heavy (non-hydrogen) atoms. The minimum absolute atomic E-state index is 0.273. The molecule has 0 aliphatic carbocycles. The van der Waals surface area contributed by atoms with E-state index >= 15 is 0 Å². The summed E-state index contributed by atoms with van der Waals surface area (Å²) in [5.41, 5.74) is 7.02. The van der Waals surface area contributed by atoms with E-state index in [1.54, 1.807) is 6.20 Å². The van der Waals surface area contributed by atoms with E-state index in [4.69, 9.17) is 5.73 Å². The summed E-state index contributed by atoms with van der Waals surface area (Å²) in [6, 6.07) is 3.87. The SMILES string of the molecule is CC(C)Cc1ccc(CC(N)=O)cn1. The summed E-state index contributed by atoms with van der Waals surface area (Å²) < 4.78 is 0. The fraction of sp³-hybridized carbons (Fsp3) is 0.455. The Morgan fingerprint density at radius 3 is 2.64 bits per heavy atom. The molecule has 0 spiro atoms. The lowest BCUT2D eigenvalue weighted by Crippen LogP contribution is -2.13. The molecule has 1 aromatic rings. The monoisotopic (exact) mass is 192 g/mol. The summed E-state index contributed by atoms with van der Waals surface area (Å²) in [5, 5.41) is 0. The molecular weight excluding hydrogens is 176 g/mol. The molecule has 76 valence electrons. The first-order valence-electron chi connectivity index (χ1n) is 4.80. The predicted molar refractivity (Wildman–Crippen MR) is 55.7 cm³/mol. The van der Waals surface area contributed by atoms with Gasteiger partial charge in [-0.2, -0.15) is 0 Å². The van der Waals surface area contributed by atoms with Crippen molar-refractivity contribution in [2.24, 2.45) is 11.7 Å². The molecule has 0 aromatic carbocycles. The smallest absolute Gasteiger partial charge is 0.221 e. The number of nitrogens with two attached hydrogens (primary N) is 1. The van der Waals surface area contributed by atoms with Gasteiger partial charge in [0.15, 0.2) is 0 Å². The molecule has 0 bridgehead atoms. The summed E-state index contributed by atoms with van der Waals surface area (Å²) in [5.74, 6) is 0.285. The van der Waals surface area contributed by atoms with Gasteiger partial charge < -0.3 is 5.73 Å². The van der Waals surface area contributed by atoms with E-state index in [0.717, 1.165) is 17.7 Å². The molecule has 0 saturated heterocycles. The molecule has 0 saturated carbocycles. The van der Waals surface area contributed by atoms with Crippen LogP contribution in [0.1, 0.15) is 25.1 Å². The second-order valence-corrected chi connectivity index (χ2v) is 3.90. The van der Waals surface area contributed by atoms with Crippen molar-refractivity contribution in [2.75, 3.05) is 0 Å². The van der Waals surface area contributed by atoms with Crippen LogP contribution in [0, 0.1) is 5.92 Å². The molecule has 3 nitrogen and oxygen atoms in total. The third kappa shape index (κ3) is 3.56. The topological polar surface area (TPSA) is 56.0 Å². The van der Waals surface area contributed by atoms with E-state index in [1.165, 1.54) is 0 Å². The van der Waals surface area contributed by atoms with Crippen LogP contribution in [0.25, 0.3) is 0 Å². The van der Waals surface area contributed by atoms with Gasteiger partial charge in [-0.15, -0.1) is 0 Å². The molecule has 1 aromatic heterocycles. The first-order valence-corrected chi connectivity index (χ1v) is 4.80. The van der Waals surface area contributed by atoms with Gasteiger partial charge in [-0.3, -0.25) is 9.78 Å². The Bertz CT molecular complexity index is 304. The van der Waals surface area contributed by atoms with Crippen LogP contribution >= 0.6 is 0 Å². The third-order valence-corrected chi connectivity index (χ3v) is 1.88. The Balaban J connectivity index is 2.63. The van der Waals surface area contributed by atoms with Crippen LogP contribution in [-0.2, 0) is 17.6 Å². The van der Waals surface area contributed by atoms with Gasteiger partial charge in [-0.05, 0) is 24.0 Å². The lowest BCUT2D eigenvalue weighted by molar-refractivity contribution is -0.117. The van der Waals surface area contributed by atoms with E-state index in [-0.39, 0.29) is 12.3 Å². The highest BCUT2D eigenvalue weighted by Crippen LogP contribution is 2.06. The maximum Gasteiger partial charge on any atom is 0.221 e. The number of primary amides is 1. The molecule has 0 atom stereocenters. The summed E-state index contributed by atoms with van der Waals surface area (Å²) in [4.78, 5) is 14.9. The van der Waals surface area contributed by atoms with E-state index in [9.17, 15) is 4.79 Å². The van der Waals surface area contributed by atoms with Crippen LogP contribution < -0.4 is 5.73 Å². The van der Waals surface area contributed by atoms with Gasteiger partial charge >= 0.3 is 0 Å². The highest BCUT2D eigenvalue weighted by Gasteiger charge is 2.01. The molecule has 0 unspecified atom stereocenters.